The SMILES string of the molecule is Cc1cnn([C@H](CCl)CN(Cc2cccc(C(=O)N3CCCCC3)c2)Cc2cccc(C(=O)N3CCCCC3)c2)c1. The molecule has 0 aliphatic carbocycles. The zero-order chi connectivity index (χ0) is 28.6. The molecule has 7 nitrogen and oxygen atoms in total. The molecule has 0 N–H and O–H groups in total. The van der Waals surface area contributed by atoms with Crippen LogP contribution in [0.3, 0.4) is 0 Å². The summed E-state index contributed by atoms with van der Waals surface area (Å²) in [6.45, 7) is 7.36. The van der Waals surface area contributed by atoms with Crippen molar-refractivity contribution in [2.75, 3.05) is 38.6 Å². The molecule has 0 spiro atoms. The summed E-state index contributed by atoms with van der Waals surface area (Å²) < 4.78 is 1.95. The van der Waals surface area contributed by atoms with Crippen LogP contribution in [-0.2, 0) is 13.1 Å². The van der Waals surface area contributed by atoms with E-state index in [1.165, 1.54) is 12.8 Å². The summed E-state index contributed by atoms with van der Waals surface area (Å²) in [6, 6.07) is 16.1. The number of carbonyl (C=O) groups is 2. The topological polar surface area (TPSA) is 61.7 Å². The van der Waals surface area contributed by atoms with E-state index in [0.29, 0.717) is 25.5 Å². The van der Waals surface area contributed by atoms with Crippen LogP contribution in [0.1, 0.15) is 82.0 Å². The van der Waals surface area contributed by atoms with Gasteiger partial charge < -0.3 is 9.80 Å². The van der Waals surface area contributed by atoms with Crippen molar-refractivity contribution in [2.24, 2.45) is 0 Å². The molecule has 0 unspecified atom stereocenters. The molecule has 3 heterocycles. The average Bonchev–Trinajstić information content (AvgIpc) is 3.46. The smallest absolute Gasteiger partial charge is 0.253 e. The number of hydrogen-bond acceptors (Lipinski definition) is 4. The fourth-order valence-electron chi connectivity index (χ4n) is 6.00. The van der Waals surface area contributed by atoms with Gasteiger partial charge in [-0.3, -0.25) is 19.2 Å². The third kappa shape index (κ3) is 7.77. The number of likely N-dealkylation sites (tertiary alicyclic amines) is 2. The Labute approximate surface area is 249 Å². The number of amides is 2. The van der Waals surface area contributed by atoms with E-state index in [2.05, 4.69) is 22.1 Å². The summed E-state index contributed by atoms with van der Waals surface area (Å²) in [5.74, 6) is 0.666. The molecule has 5 rings (SSSR count). The number of halogens is 1. The Kier molecular flexibility index (Phi) is 10.1. The lowest BCUT2D eigenvalue weighted by atomic mass is 10.0. The van der Waals surface area contributed by atoms with E-state index in [4.69, 9.17) is 11.6 Å². The van der Waals surface area contributed by atoms with E-state index >= 15 is 0 Å². The number of carbonyl (C=O) groups excluding carboxylic acids is 2. The van der Waals surface area contributed by atoms with E-state index in [1.54, 1.807) is 0 Å². The van der Waals surface area contributed by atoms with Gasteiger partial charge in [0.1, 0.15) is 0 Å². The van der Waals surface area contributed by atoms with E-state index in [0.717, 1.165) is 79.7 Å². The minimum atomic E-state index is -0.0123. The molecule has 3 aromatic rings. The third-order valence-corrected chi connectivity index (χ3v) is 8.55. The van der Waals surface area contributed by atoms with Crippen LogP contribution in [0.2, 0.25) is 0 Å². The summed E-state index contributed by atoms with van der Waals surface area (Å²) in [6.07, 6.45) is 10.6. The first-order valence-electron chi connectivity index (χ1n) is 15.1. The van der Waals surface area contributed by atoms with Gasteiger partial charge in [-0.25, -0.2) is 0 Å². The van der Waals surface area contributed by atoms with Gasteiger partial charge in [-0.15, -0.1) is 11.6 Å². The maximum absolute atomic E-state index is 13.2. The lowest BCUT2D eigenvalue weighted by molar-refractivity contribution is 0.0717. The Morgan fingerprint density at radius 1 is 0.829 bits per heavy atom. The van der Waals surface area contributed by atoms with Gasteiger partial charge in [-0.2, -0.15) is 5.10 Å². The monoisotopic (exact) mass is 575 g/mol. The number of nitrogens with zero attached hydrogens (tertiary/aromatic N) is 5. The van der Waals surface area contributed by atoms with Gasteiger partial charge >= 0.3 is 0 Å². The van der Waals surface area contributed by atoms with Crippen LogP contribution in [0.25, 0.3) is 0 Å². The molecule has 2 aliphatic heterocycles. The highest BCUT2D eigenvalue weighted by atomic mass is 35.5. The molecule has 2 aromatic carbocycles. The standard InChI is InChI=1S/C33H42ClN5O2/c1-26-21-35-39(22-26)31(20-34)25-36(23-27-10-8-12-29(18-27)32(40)37-14-4-2-5-15-37)24-28-11-9-13-30(19-28)33(41)38-16-6-3-7-17-38/h8-13,18-19,21-22,31H,2-7,14-17,20,23-25H2,1H3/t31-/m1/s1. The van der Waals surface area contributed by atoms with Gasteiger partial charge in [0.15, 0.2) is 0 Å². The van der Waals surface area contributed by atoms with Crippen LogP contribution in [0.5, 0.6) is 0 Å². The molecular formula is C33H42ClN5O2. The van der Waals surface area contributed by atoms with Crippen molar-refractivity contribution in [3.63, 3.8) is 0 Å². The predicted molar refractivity (Wildman–Crippen MR) is 163 cm³/mol. The number of piperidine rings is 2. The highest BCUT2D eigenvalue weighted by Gasteiger charge is 2.22. The van der Waals surface area contributed by atoms with Crippen molar-refractivity contribution < 1.29 is 9.59 Å². The molecule has 1 aromatic heterocycles. The van der Waals surface area contributed by atoms with E-state index in [-0.39, 0.29) is 17.9 Å². The Morgan fingerprint density at radius 2 is 1.34 bits per heavy atom. The molecular weight excluding hydrogens is 534 g/mol. The van der Waals surface area contributed by atoms with Gasteiger partial charge in [-0.05, 0) is 86.4 Å². The zero-order valence-electron chi connectivity index (χ0n) is 24.2. The number of hydrogen-bond donors (Lipinski definition) is 0. The Balaban J connectivity index is 1.36. The largest absolute Gasteiger partial charge is 0.339 e. The van der Waals surface area contributed by atoms with Gasteiger partial charge in [0.2, 0.25) is 0 Å². The zero-order valence-corrected chi connectivity index (χ0v) is 24.9. The lowest BCUT2D eigenvalue weighted by Gasteiger charge is -2.29. The average molecular weight is 576 g/mol. The van der Waals surface area contributed by atoms with Gasteiger partial charge in [0.05, 0.1) is 12.2 Å². The Bertz CT molecular complexity index is 1240. The summed E-state index contributed by atoms with van der Waals surface area (Å²) >= 11 is 6.48. The second-order valence-corrected chi connectivity index (χ2v) is 11.9. The molecule has 8 heteroatoms. The van der Waals surface area contributed by atoms with E-state index in [1.807, 2.05) is 70.2 Å². The molecule has 2 aliphatic rings. The quantitative estimate of drug-likeness (QED) is 0.281. The van der Waals surface area contributed by atoms with Crippen molar-refractivity contribution in [2.45, 2.75) is 64.6 Å². The molecule has 218 valence electrons. The van der Waals surface area contributed by atoms with Gasteiger partial charge in [-0.1, -0.05) is 24.3 Å². The van der Waals surface area contributed by atoms with Crippen molar-refractivity contribution in [3.05, 3.63) is 88.7 Å². The van der Waals surface area contributed by atoms with Crippen LogP contribution in [0.15, 0.2) is 60.9 Å². The second-order valence-electron chi connectivity index (χ2n) is 11.6. The lowest BCUT2D eigenvalue weighted by Crippen LogP contribution is -2.36. The summed E-state index contributed by atoms with van der Waals surface area (Å²) in [5, 5.41) is 4.54. The number of alkyl halides is 1. The molecule has 2 amide bonds. The van der Waals surface area contributed by atoms with E-state index in [9.17, 15) is 9.59 Å². The first kappa shape index (κ1) is 29.3. The van der Waals surface area contributed by atoms with Crippen molar-refractivity contribution in [1.82, 2.24) is 24.5 Å². The molecule has 2 fully saturated rings. The molecule has 0 bridgehead atoms. The molecule has 2 saturated heterocycles. The minimum Gasteiger partial charge on any atom is -0.339 e. The van der Waals surface area contributed by atoms with Crippen LogP contribution >= 0.6 is 11.6 Å². The number of benzene rings is 2. The Morgan fingerprint density at radius 3 is 1.78 bits per heavy atom. The fraction of sp³-hybridized carbons (Fsp3) is 0.485. The van der Waals surface area contributed by atoms with Crippen LogP contribution in [-0.4, -0.2) is 74.9 Å². The normalized spacial score (nSPS) is 16.7. The summed E-state index contributed by atoms with van der Waals surface area (Å²) in [5.41, 5.74) is 4.75. The molecule has 1 atom stereocenters. The molecule has 41 heavy (non-hydrogen) atoms. The van der Waals surface area contributed by atoms with Crippen molar-refractivity contribution in [1.29, 1.82) is 0 Å². The highest BCUT2D eigenvalue weighted by Crippen LogP contribution is 2.21. The van der Waals surface area contributed by atoms with Crippen LogP contribution in [0, 0.1) is 6.92 Å². The summed E-state index contributed by atoms with van der Waals surface area (Å²) in [4.78, 5) is 32.7. The number of aryl methyl sites for hydroxylation is 1. The van der Waals surface area contributed by atoms with Gasteiger partial charge in [0, 0.05) is 69.0 Å². The predicted octanol–water partition coefficient (Wildman–Crippen LogP) is 5.93. The highest BCUT2D eigenvalue weighted by molar-refractivity contribution is 6.18. The van der Waals surface area contributed by atoms with E-state index < -0.39 is 0 Å². The number of rotatable bonds is 10. The maximum atomic E-state index is 13.2. The molecule has 0 saturated carbocycles. The first-order valence-corrected chi connectivity index (χ1v) is 15.6. The van der Waals surface area contributed by atoms with Crippen molar-refractivity contribution in [3.8, 4) is 0 Å². The fourth-order valence-corrected chi connectivity index (χ4v) is 6.24. The van der Waals surface area contributed by atoms with Crippen LogP contribution in [0.4, 0.5) is 0 Å². The van der Waals surface area contributed by atoms with Gasteiger partial charge in [0.25, 0.3) is 11.8 Å². The third-order valence-electron chi connectivity index (χ3n) is 8.20. The molecule has 0 radical (unpaired) electrons. The number of aromatic nitrogens is 2. The van der Waals surface area contributed by atoms with Crippen molar-refractivity contribution >= 4 is 23.4 Å². The van der Waals surface area contributed by atoms with Crippen LogP contribution < -0.4 is 0 Å². The maximum Gasteiger partial charge on any atom is 0.253 e. The Hall–Kier alpha value is -3.16. The first-order chi connectivity index (χ1) is 20.0. The second kappa shape index (κ2) is 14.1. The summed E-state index contributed by atoms with van der Waals surface area (Å²) in [7, 11) is 0. The minimum absolute atomic E-state index is 0.0123.